The lowest BCUT2D eigenvalue weighted by Gasteiger charge is -2.28. The second kappa shape index (κ2) is 14.4. The molecule has 0 aliphatic heterocycles. The minimum atomic E-state index is -1.08. The first-order chi connectivity index (χ1) is 17.0. The summed E-state index contributed by atoms with van der Waals surface area (Å²) in [6, 6.07) is 13.1. The zero-order valence-electron chi connectivity index (χ0n) is 21.5. The molecule has 0 heterocycles. The average Bonchev–Trinajstić information content (AvgIpc) is 2.86. The fraction of sp³-hybridized carbons (Fsp3) is 0.581. The molecule has 1 aliphatic rings. The molecular formula is C31H42F2O2. The Bertz CT molecular complexity index is 904. The Labute approximate surface area is 210 Å². The molecule has 1 unspecified atom stereocenters. The van der Waals surface area contributed by atoms with Crippen LogP contribution in [0.25, 0.3) is 0 Å². The second-order valence-corrected chi connectivity index (χ2v) is 10.4. The van der Waals surface area contributed by atoms with Crippen LogP contribution in [0.5, 0.6) is 0 Å². The fourth-order valence-electron chi connectivity index (χ4n) is 5.34. The third kappa shape index (κ3) is 8.74. The standard InChI is InChI=1S/C31H42F2O2/c1-3-4-6-11-25-15-17-26(18-16-25)19-20-27-21-22-28(30(33)29(27)32)31(34)35-23(2)10-9-14-24-12-7-5-8-13-24/h5,7-8,12-13,21-23,25-26H,3-4,6,9-11,14-20H2,1-2H3/t23?,25-,26-. The Morgan fingerprint density at radius 3 is 2.26 bits per heavy atom. The molecule has 3 rings (SSSR count). The highest BCUT2D eigenvalue weighted by Gasteiger charge is 2.24. The molecule has 4 heteroatoms. The summed E-state index contributed by atoms with van der Waals surface area (Å²) in [4.78, 5) is 12.5. The summed E-state index contributed by atoms with van der Waals surface area (Å²) in [7, 11) is 0. The van der Waals surface area contributed by atoms with Gasteiger partial charge in [-0.3, -0.25) is 0 Å². The Hall–Kier alpha value is -2.23. The van der Waals surface area contributed by atoms with Gasteiger partial charge in [-0.25, -0.2) is 13.6 Å². The van der Waals surface area contributed by atoms with Crippen molar-refractivity contribution in [2.75, 3.05) is 0 Å². The van der Waals surface area contributed by atoms with Gasteiger partial charge >= 0.3 is 5.97 Å². The van der Waals surface area contributed by atoms with Gasteiger partial charge in [0.2, 0.25) is 0 Å². The number of hydrogen-bond acceptors (Lipinski definition) is 2. The van der Waals surface area contributed by atoms with E-state index in [4.69, 9.17) is 4.74 Å². The molecule has 35 heavy (non-hydrogen) atoms. The molecule has 0 N–H and O–H groups in total. The first kappa shape index (κ1) is 27.4. The molecular weight excluding hydrogens is 442 g/mol. The maximum atomic E-state index is 14.8. The third-order valence-electron chi connectivity index (χ3n) is 7.61. The van der Waals surface area contributed by atoms with Gasteiger partial charge < -0.3 is 4.74 Å². The number of carbonyl (C=O) groups is 1. The molecule has 1 atom stereocenters. The van der Waals surface area contributed by atoms with Gasteiger partial charge in [0.15, 0.2) is 11.6 Å². The number of carbonyl (C=O) groups excluding carboxylic acids is 1. The lowest BCUT2D eigenvalue weighted by atomic mass is 9.77. The highest BCUT2D eigenvalue weighted by atomic mass is 19.2. The summed E-state index contributed by atoms with van der Waals surface area (Å²) >= 11 is 0. The van der Waals surface area contributed by atoms with E-state index in [2.05, 4.69) is 19.1 Å². The van der Waals surface area contributed by atoms with E-state index in [0.717, 1.165) is 25.2 Å². The van der Waals surface area contributed by atoms with E-state index in [1.807, 2.05) is 18.2 Å². The van der Waals surface area contributed by atoms with Gasteiger partial charge in [-0.15, -0.1) is 0 Å². The van der Waals surface area contributed by atoms with Gasteiger partial charge in [0.05, 0.1) is 11.7 Å². The van der Waals surface area contributed by atoms with Crippen LogP contribution >= 0.6 is 0 Å². The SMILES string of the molecule is CCCCC[C@H]1CC[C@H](CCc2ccc(C(=O)OC(C)CCCc3ccccc3)c(F)c2F)CC1. The molecule has 1 aliphatic carbocycles. The van der Waals surface area contributed by atoms with Crippen LogP contribution in [-0.4, -0.2) is 12.1 Å². The monoisotopic (exact) mass is 484 g/mol. The van der Waals surface area contributed by atoms with Crippen molar-refractivity contribution in [3.63, 3.8) is 0 Å². The Morgan fingerprint density at radius 2 is 1.57 bits per heavy atom. The minimum Gasteiger partial charge on any atom is -0.459 e. The fourth-order valence-corrected chi connectivity index (χ4v) is 5.34. The van der Waals surface area contributed by atoms with Crippen molar-refractivity contribution >= 4 is 5.97 Å². The van der Waals surface area contributed by atoms with Gasteiger partial charge in [0.1, 0.15) is 0 Å². The van der Waals surface area contributed by atoms with Crippen LogP contribution in [-0.2, 0) is 17.6 Å². The molecule has 0 spiro atoms. The number of rotatable bonds is 13. The minimum absolute atomic E-state index is 0.311. The normalized spacial score (nSPS) is 18.9. The first-order valence-electron chi connectivity index (χ1n) is 13.7. The molecule has 0 bridgehead atoms. The van der Waals surface area contributed by atoms with E-state index in [1.54, 1.807) is 13.0 Å². The topological polar surface area (TPSA) is 26.3 Å². The van der Waals surface area contributed by atoms with Crippen molar-refractivity contribution in [3.8, 4) is 0 Å². The average molecular weight is 485 g/mol. The molecule has 2 aromatic rings. The number of unbranched alkanes of at least 4 members (excludes halogenated alkanes) is 2. The summed E-state index contributed by atoms with van der Waals surface area (Å²) in [5, 5.41) is 0. The van der Waals surface area contributed by atoms with Crippen molar-refractivity contribution in [1.82, 2.24) is 0 Å². The lowest BCUT2D eigenvalue weighted by Crippen LogP contribution is -2.18. The van der Waals surface area contributed by atoms with Crippen molar-refractivity contribution in [2.24, 2.45) is 11.8 Å². The summed E-state index contributed by atoms with van der Waals surface area (Å²) in [5.41, 5.74) is 1.28. The van der Waals surface area contributed by atoms with E-state index in [1.165, 1.54) is 63.0 Å². The molecule has 192 valence electrons. The molecule has 1 fully saturated rings. The van der Waals surface area contributed by atoms with Crippen molar-refractivity contribution in [2.45, 2.75) is 103 Å². The van der Waals surface area contributed by atoms with Gasteiger partial charge in [0, 0.05) is 0 Å². The van der Waals surface area contributed by atoms with Crippen LogP contribution in [0.3, 0.4) is 0 Å². The summed E-state index contributed by atoms with van der Waals surface area (Å²) in [5.74, 6) is -1.34. The zero-order valence-corrected chi connectivity index (χ0v) is 21.5. The molecule has 2 nitrogen and oxygen atoms in total. The highest BCUT2D eigenvalue weighted by molar-refractivity contribution is 5.90. The Kier molecular flexibility index (Phi) is 11.2. The van der Waals surface area contributed by atoms with Crippen LogP contribution in [0, 0.1) is 23.5 Å². The van der Waals surface area contributed by atoms with Crippen molar-refractivity contribution in [1.29, 1.82) is 0 Å². The Balaban J connectivity index is 1.43. The zero-order chi connectivity index (χ0) is 25.0. The van der Waals surface area contributed by atoms with Crippen molar-refractivity contribution in [3.05, 3.63) is 70.8 Å². The molecule has 0 aromatic heterocycles. The maximum Gasteiger partial charge on any atom is 0.341 e. The van der Waals surface area contributed by atoms with Gasteiger partial charge in [-0.2, -0.15) is 0 Å². The third-order valence-corrected chi connectivity index (χ3v) is 7.61. The molecule has 0 radical (unpaired) electrons. The summed E-state index contributed by atoms with van der Waals surface area (Å²) < 4.78 is 34.9. The van der Waals surface area contributed by atoms with E-state index >= 15 is 0 Å². The predicted molar refractivity (Wildman–Crippen MR) is 139 cm³/mol. The van der Waals surface area contributed by atoms with Crippen LogP contribution in [0.2, 0.25) is 0 Å². The molecule has 0 saturated heterocycles. The van der Waals surface area contributed by atoms with Crippen LogP contribution in [0.4, 0.5) is 8.78 Å². The summed E-state index contributed by atoms with van der Waals surface area (Å²) in [6.45, 7) is 4.03. The van der Waals surface area contributed by atoms with E-state index in [-0.39, 0.29) is 11.7 Å². The number of esters is 1. The molecule has 0 amide bonds. The van der Waals surface area contributed by atoms with Gasteiger partial charge in [-0.05, 0) is 68.1 Å². The van der Waals surface area contributed by atoms with E-state index in [9.17, 15) is 13.6 Å². The first-order valence-corrected chi connectivity index (χ1v) is 13.7. The number of ether oxygens (including phenoxy) is 1. The number of aryl methyl sites for hydroxylation is 2. The Morgan fingerprint density at radius 1 is 0.886 bits per heavy atom. The van der Waals surface area contributed by atoms with Gasteiger partial charge in [-0.1, -0.05) is 94.7 Å². The van der Waals surface area contributed by atoms with Crippen LogP contribution in [0.1, 0.15) is 106 Å². The quantitative estimate of drug-likeness (QED) is 0.210. The largest absolute Gasteiger partial charge is 0.459 e. The number of benzene rings is 2. The van der Waals surface area contributed by atoms with E-state index in [0.29, 0.717) is 24.3 Å². The lowest BCUT2D eigenvalue weighted by molar-refractivity contribution is 0.0314. The number of hydrogen-bond donors (Lipinski definition) is 0. The van der Waals surface area contributed by atoms with E-state index < -0.39 is 17.6 Å². The maximum absolute atomic E-state index is 14.8. The van der Waals surface area contributed by atoms with Gasteiger partial charge in [0.25, 0.3) is 0 Å². The second-order valence-electron chi connectivity index (χ2n) is 10.4. The van der Waals surface area contributed by atoms with Crippen LogP contribution < -0.4 is 0 Å². The summed E-state index contributed by atoms with van der Waals surface area (Å²) in [6.07, 6.45) is 13.6. The molecule has 1 saturated carbocycles. The highest BCUT2D eigenvalue weighted by Crippen LogP contribution is 2.34. The van der Waals surface area contributed by atoms with Crippen LogP contribution in [0.15, 0.2) is 42.5 Å². The smallest absolute Gasteiger partial charge is 0.341 e. The predicted octanol–water partition coefficient (Wildman–Crippen LogP) is 8.85. The van der Waals surface area contributed by atoms with Crippen molar-refractivity contribution < 1.29 is 18.3 Å². The molecule has 2 aromatic carbocycles. The number of halogens is 2.